The van der Waals surface area contributed by atoms with Gasteiger partial charge in [-0.2, -0.15) is 18.3 Å². The number of aryl methyl sites for hydroxylation is 1. The lowest BCUT2D eigenvalue weighted by Crippen LogP contribution is -2.53. The molecule has 2 aromatic carbocycles. The predicted molar refractivity (Wildman–Crippen MR) is 154 cm³/mol. The highest BCUT2D eigenvalue weighted by Crippen LogP contribution is 2.41. The fourth-order valence-corrected chi connectivity index (χ4v) is 6.64. The molecule has 3 aliphatic rings. The molecule has 0 aliphatic carbocycles. The molecule has 3 aliphatic heterocycles. The maximum atomic E-state index is 14.4. The number of hydrogen-bond donors (Lipinski definition) is 0. The summed E-state index contributed by atoms with van der Waals surface area (Å²) in [4.78, 5) is 19.8. The summed E-state index contributed by atoms with van der Waals surface area (Å²) in [7, 11) is 2.07. The summed E-state index contributed by atoms with van der Waals surface area (Å²) < 4.78 is 50.8. The van der Waals surface area contributed by atoms with E-state index in [-0.39, 0.29) is 29.1 Å². The number of carbonyl (C=O) groups excluding carboxylic acids is 1. The standard InChI is InChI=1S/C32H38F3N5O2/c1-21(2)29-17-37(4)10-11-38(29)15-23-12-26-27(28(13-23)32(33,34)35)16-40(30(26)41)25-7-5-6-24(14-25)31(19-42-20-31)18-39-9-8-22(3)36-39/h5-9,12-14,21,29H,10-11,15-20H2,1-4H3. The minimum atomic E-state index is -4.56. The number of halogens is 3. The Morgan fingerprint density at radius 3 is 2.55 bits per heavy atom. The largest absolute Gasteiger partial charge is 0.416 e. The van der Waals surface area contributed by atoms with Gasteiger partial charge in [-0.25, -0.2) is 0 Å². The number of benzene rings is 2. The van der Waals surface area contributed by atoms with Crippen molar-refractivity contribution >= 4 is 11.6 Å². The molecule has 10 heteroatoms. The van der Waals surface area contributed by atoms with E-state index in [1.165, 1.54) is 11.0 Å². The summed E-state index contributed by atoms with van der Waals surface area (Å²) in [6.45, 7) is 10.6. The van der Waals surface area contributed by atoms with E-state index in [4.69, 9.17) is 4.74 Å². The Morgan fingerprint density at radius 2 is 1.90 bits per heavy atom. The van der Waals surface area contributed by atoms with Crippen molar-refractivity contribution in [2.24, 2.45) is 5.92 Å². The zero-order valence-electron chi connectivity index (χ0n) is 24.6. The molecule has 1 atom stereocenters. The van der Waals surface area contributed by atoms with E-state index >= 15 is 0 Å². The fourth-order valence-electron chi connectivity index (χ4n) is 6.64. The predicted octanol–water partition coefficient (Wildman–Crippen LogP) is 5.11. The van der Waals surface area contributed by atoms with Crippen LogP contribution in [0.4, 0.5) is 18.9 Å². The summed E-state index contributed by atoms with van der Waals surface area (Å²) in [5.74, 6) is -0.0368. The highest BCUT2D eigenvalue weighted by molar-refractivity contribution is 6.10. The molecule has 7 nitrogen and oxygen atoms in total. The average molecular weight is 582 g/mol. The zero-order valence-corrected chi connectivity index (χ0v) is 24.6. The third-order valence-corrected chi connectivity index (χ3v) is 9.06. The van der Waals surface area contributed by atoms with E-state index in [9.17, 15) is 18.0 Å². The van der Waals surface area contributed by atoms with Crippen molar-refractivity contribution in [2.75, 3.05) is 44.8 Å². The minimum Gasteiger partial charge on any atom is -0.379 e. The molecule has 0 radical (unpaired) electrons. The van der Waals surface area contributed by atoms with Crippen LogP contribution in [0.1, 0.15) is 52.2 Å². The van der Waals surface area contributed by atoms with Crippen molar-refractivity contribution in [1.82, 2.24) is 19.6 Å². The van der Waals surface area contributed by atoms with Crippen LogP contribution in [0.5, 0.6) is 0 Å². The number of alkyl halides is 3. The summed E-state index contributed by atoms with van der Waals surface area (Å²) in [5.41, 5.74) is 2.19. The molecule has 42 heavy (non-hydrogen) atoms. The first-order valence-electron chi connectivity index (χ1n) is 14.6. The number of rotatable bonds is 7. The second-order valence-electron chi connectivity index (χ2n) is 12.6. The SMILES string of the molecule is Cc1ccn(CC2(c3cccc(N4Cc5c(cc(CN6CCN(C)CC6C(C)C)cc5C(F)(F)F)C4=O)c3)COC2)n1. The molecule has 2 saturated heterocycles. The van der Waals surface area contributed by atoms with Gasteiger partial charge in [-0.1, -0.05) is 26.0 Å². The molecule has 1 amide bonds. The number of piperazine rings is 1. The minimum absolute atomic E-state index is 0.0501. The molecule has 1 aromatic heterocycles. The van der Waals surface area contributed by atoms with Crippen LogP contribution in [0.3, 0.4) is 0 Å². The van der Waals surface area contributed by atoms with Crippen LogP contribution in [-0.2, 0) is 36.0 Å². The van der Waals surface area contributed by atoms with Crippen LogP contribution in [0.2, 0.25) is 0 Å². The number of aromatic nitrogens is 2. The summed E-state index contributed by atoms with van der Waals surface area (Å²) in [5, 5.41) is 4.53. The Bertz CT molecular complexity index is 1480. The van der Waals surface area contributed by atoms with Gasteiger partial charge in [0, 0.05) is 49.7 Å². The Kier molecular flexibility index (Phi) is 7.43. The van der Waals surface area contributed by atoms with Crippen molar-refractivity contribution in [2.45, 2.75) is 58.0 Å². The van der Waals surface area contributed by atoms with Crippen molar-refractivity contribution in [1.29, 1.82) is 0 Å². The Morgan fingerprint density at radius 1 is 1.12 bits per heavy atom. The maximum absolute atomic E-state index is 14.4. The van der Waals surface area contributed by atoms with Crippen LogP contribution in [0.25, 0.3) is 0 Å². The lowest BCUT2D eigenvalue weighted by molar-refractivity contribution is -0.138. The van der Waals surface area contributed by atoms with E-state index < -0.39 is 17.6 Å². The van der Waals surface area contributed by atoms with E-state index in [0.717, 1.165) is 30.9 Å². The lowest BCUT2D eigenvalue weighted by atomic mass is 9.78. The number of likely N-dealkylation sites (N-methyl/N-ethyl adjacent to an activating group) is 1. The smallest absolute Gasteiger partial charge is 0.379 e. The topological polar surface area (TPSA) is 53.8 Å². The quantitative estimate of drug-likeness (QED) is 0.388. The molecule has 4 heterocycles. The summed E-state index contributed by atoms with van der Waals surface area (Å²) in [6, 6.07) is 12.7. The van der Waals surface area contributed by atoms with Gasteiger partial charge in [-0.15, -0.1) is 0 Å². The van der Waals surface area contributed by atoms with E-state index in [0.29, 0.717) is 43.5 Å². The van der Waals surface area contributed by atoms with Gasteiger partial charge >= 0.3 is 6.18 Å². The lowest BCUT2D eigenvalue weighted by Gasteiger charge is -2.42. The molecular weight excluding hydrogens is 543 g/mol. The van der Waals surface area contributed by atoms with Gasteiger partial charge in [0.1, 0.15) is 0 Å². The summed E-state index contributed by atoms with van der Waals surface area (Å²) >= 11 is 0. The van der Waals surface area contributed by atoms with Crippen LogP contribution in [0, 0.1) is 12.8 Å². The molecule has 0 bridgehead atoms. The number of ether oxygens (including phenoxy) is 1. The van der Waals surface area contributed by atoms with Crippen molar-refractivity contribution in [3.05, 3.63) is 82.2 Å². The third-order valence-electron chi connectivity index (χ3n) is 9.06. The summed E-state index contributed by atoms with van der Waals surface area (Å²) in [6.07, 6.45) is -2.63. The Balaban J connectivity index is 1.30. The van der Waals surface area contributed by atoms with E-state index in [1.807, 2.05) is 42.1 Å². The monoisotopic (exact) mass is 581 g/mol. The number of fused-ring (bicyclic) bond motifs is 1. The second-order valence-corrected chi connectivity index (χ2v) is 12.6. The molecule has 0 spiro atoms. The highest BCUT2D eigenvalue weighted by Gasteiger charge is 2.43. The molecule has 6 rings (SSSR count). The fraction of sp³-hybridized carbons (Fsp3) is 0.500. The molecule has 0 saturated carbocycles. The van der Waals surface area contributed by atoms with Gasteiger partial charge in [0.25, 0.3) is 5.91 Å². The Labute approximate surface area is 244 Å². The second kappa shape index (κ2) is 10.8. The molecule has 2 fully saturated rings. The normalized spacial score (nSPS) is 21.2. The molecule has 1 unspecified atom stereocenters. The first kappa shape index (κ1) is 28.9. The van der Waals surface area contributed by atoms with Crippen LogP contribution < -0.4 is 4.90 Å². The number of amides is 1. The van der Waals surface area contributed by atoms with Gasteiger partial charge in [0.05, 0.1) is 43.0 Å². The van der Waals surface area contributed by atoms with Crippen LogP contribution in [-0.4, -0.2) is 71.4 Å². The molecule has 224 valence electrons. The van der Waals surface area contributed by atoms with Crippen LogP contribution >= 0.6 is 0 Å². The number of carbonyl (C=O) groups is 1. The maximum Gasteiger partial charge on any atom is 0.416 e. The van der Waals surface area contributed by atoms with Crippen molar-refractivity contribution in [3.63, 3.8) is 0 Å². The van der Waals surface area contributed by atoms with Gasteiger partial charge in [0.15, 0.2) is 0 Å². The van der Waals surface area contributed by atoms with Gasteiger partial charge in [0.2, 0.25) is 0 Å². The van der Waals surface area contributed by atoms with Gasteiger partial charge in [-0.3, -0.25) is 14.4 Å². The third kappa shape index (κ3) is 5.36. The average Bonchev–Trinajstić information content (AvgIpc) is 3.48. The van der Waals surface area contributed by atoms with Gasteiger partial charge in [-0.05, 0) is 66.9 Å². The first-order valence-corrected chi connectivity index (χ1v) is 14.6. The molecular formula is C32H38F3N5O2. The first-order chi connectivity index (χ1) is 19.9. The van der Waals surface area contributed by atoms with E-state index in [1.54, 1.807) is 12.1 Å². The number of anilines is 1. The Hall–Kier alpha value is -3.21. The zero-order chi connectivity index (χ0) is 29.8. The van der Waals surface area contributed by atoms with Crippen molar-refractivity contribution in [3.8, 4) is 0 Å². The highest BCUT2D eigenvalue weighted by atomic mass is 19.4. The molecule has 0 N–H and O–H groups in total. The molecule has 3 aromatic rings. The number of hydrogen-bond acceptors (Lipinski definition) is 5. The van der Waals surface area contributed by atoms with Crippen LogP contribution in [0.15, 0.2) is 48.7 Å². The number of nitrogens with zero attached hydrogens (tertiary/aromatic N) is 5. The van der Waals surface area contributed by atoms with Crippen molar-refractivity contribution < 1.29 is 22.7 Å². The van der Waals surface area contributed by atoms with E-state index in [2.05, 4.69) is 35.8 Å². The van der Waals surface area contributed by atoms with Gasteiger partial charge < -0.3 is 14.5 Å².